The molecule has 0 spiro atoms. The van der Waals surface area contributed by atoms with Crippen molar-refractivity contribution in [3.8, 4) is 0 Å². The summed E-state index contributed by atoms with van der Waals surface area (Å²) in [7, 11) is 0. The van der Waals surface area contributed by atoms with E-state index >= 15 is 0 Å². The zero-order valence-corrected chi connectivity index (χ0v) is 9.14. The maximum Gasteiger partial charge on any atom is 0.351 e. The van der Waals surface area contributed by atoms with Crippen molar-refractivity contribution < 1.29 is 24.4 Å². The second kappa shape index (κ2) is 4.98. The maximum atomic E-state index is 12.4. The lowest BCUT2D eigenvalue weighted by molar-refractivity contribution is -0.221. The molecule has 8 nitrogen and oxygen atoms in total. The van der Waals surface area contributed by atoms with E-state index in [1.807, 2.05) is 0 Å². The zero-order chi connectivity index (χ0) is 13.3. The van der Waals surface area contributed by atoms with Gasteiger partial charge in [0.1, 0.15) is 18.0 Å². The second-order valence-electron chi connectivity index (χ2n) is 3.83. The van der Waals surface area contributed by atoms with E-state index < -0.39 is 36.8 Å². The van der Waals surface area contributed by atoms with Gasteiger partial charge in [-0.3, -0.25) is 4.57 Å². The average Bonchev–Trinajstić information content (AvgIpc) is 2.65. The summed E-state index contributed by atoms with van der Waals surface area (Å²) in [6.07, 6.45) is -3.84. The molecule has 1 aromatic heterocycles. The average molecular weight is 261 g/mol. The van der Waals surface area contributed by atoms with Crippen molar-refractivity contribution in [3.63, 3.8) is 0 Å². The molecule has 0 aliphatic carbocycles. The molecule has 0 radical (unpaired) electrons. The van der Waals surface area contributed by atoms with Gasteiger partial charge in [-0.1, -0.05) is 0 Å². The summed E-state index contributed by atoms with van der Waals surface area (Å²) >= 11 is 0. The number of ether oxygens (including phenoxy) is 1. The topological polar surface area (TPSA) is 120 Å². The SMILES string of the molecule is Nc1ccn([C@H]2O[C@@H](CO)C(O)C2OF)c(=O)n1. The second-order valence-corrected chi connectivity index (χ2v) is 3.83. The summed E-state index contributed by atoms with van der Waals surface area (Å²) in [6, 6.07) is 1.32. The first-order valence-electron chi connectivity index (χ1n) is 5.15. The van der Waals surface area contributed by atoms with Crippen LogP contribution in [0, 0.1) is 0 Å². The Labute approximate surface area is 100 Å². The van der Waals surface area contributed by atoms with Gasteiger partial charge in [-0.25, -0.2) is 4.79 Å². The number of hydrogen-bond acceptors (Lipinski definition) is 7. The molecule has 2 unspecified atom stereocenters. The van der Waals surface area contributed by atoms with Gasteiger partial charge < -0.3 is 20.7 Å². The van der Waals surface area contributed by atoms with Crippen molar-refractivity contribution in [3.05, 3.63) is 22.7 Å². The first-order valence-corrected chi connectivity index (χ1v) is 5.15. The molecule has 2 rings (SSSR count). The van der Waals surface area contributed by atoms with Crippen LogP contribution in [0.5, 0.6) is 0 Å². The quantitative estimate of drug-likeness (QED) is 0.596. The van der Waals surface area contributed by atoms with Gasteiger partial charge in [0, 0.05) is 6.20 Å². The normalized spacial score (nSPS) is 31.7. The van der Waals surface area contributed by atoms with Crippen molar-refractivity contribution in [2.75, 3.05) is 12.3 Å². The van der Waals surface area contributed by atoms with Gasteiger partial charge in [-0.05, 0) is 10.6 Å². The first-order chi connectivity index (χ1) is 8.58. The number of halogens is 1. The maximum absolute atomic E-state index is 12.4. The number of aromatic nitrogens is 2. The zero-order valence-electron chi connectivity index (χ0n) is 9.14. The molecule has 4 N–H and O–H groups in total. The monoisotopic (exact) mass is 261 g/mol. The van der Waals surface area contributed by atoms with Crippen LogP contribution >= 0.6 is 0 Å². The summed E-state index contributed by atoms with van der Waals surface area (Å²) in [5.41, 5.74) is 4.54. The molecule has 0 saturated carbocycles. The van der Waals surface area contributed by atoms with Crippen molar-refractivity contribution >= 4 is 5.82 Å². The molecule has 9 heteroatoms. The molecule has 1 fully saturated rings. The Kier molecular flexibility index (Phi) is 3.57. The van der Waals surface area contributed by atoms with Crippen LogP contribution in [0.2, 0.25) is 0 Å². The van der Waals surface area contributed by atoms with E-state index in [2.05, 4.69) is 9.93 Å². The van der Waals surface area contributed by atoms with Gasteiger partial charge in [-0.15, -0.1) is 0 Å². The highest BCUT2D eigenvalue weighted by atomic mass is 19.3. The minimum Gasteiger partial charge on any atom is -0.394 e. The molecule has 100 valence electrons. The number of aliphatic hydroxyl groups excluding tert-OH is 2. The van der Waals surface area contributed by atoms with E-state index in [1.54, 1.807) is 0 Å². The van der Waals surface area contributed by atoms with Crippen LogP contribution in [-0.2, 0) is 9.68 Å². The number of anilines is 1. The number of aliphatic hydroxyl groups is 2. The molecule has 4 atom stereocenters. The van der Waals surface area contributed by atoms with E-state index in [0.717, 1.165) is 4.57 Å². The molecule has 0 aromatic carbocycles. The smallest absolute Gasteiger partial charge is 0.351 e. The standard InChI is InChI=1S/C9H12FN3O5/c10-18-7-6(15)4(3-14)17-8(7)13-2-1-5(11)12-9(13)16/h1-2,4,6-8,14-15H,3H2,(H2,11,12,16)/t4-,6?,7?,8-/m0/s1. The largest absolute Gasteiger partial charge is 0.394 e. The Hall–Kier alpha value is -1.55. The summed E-state index contributed by atoms with van der Waals surface area (Å²) in [4.78, 5) is 18.6. The van der Waals surface area contributed by atoms with Crippen LogP contribution in [0.3, 0.4) is 0 Å². The van der Waals surface area contributed by atoms with E-state index in [-0.39, 0.29) is 5.82 Å². The third-order valence-electron chi connectivity index (χ3n) is 2.72. The molecule has 0 amide bonds. The van der Waals surface area contributed by atoms with E-state index in [4.69, 9.17) is 15.6 Å². The van der Waals surface area contributed by atoms with Crippen LogP contribution in [0.1, 0.15) is 6.23 Å². The number of nitrogens with zero attached hydrogens (tertiary/aromatic N) is 2. The highest BCUT2D eigenvalue weighted by Gasteiger charge is 2.46. The Bertz CT molecular complexity index is 482. The Balaban J connectivity index is 2.35. The third-order valence-corrected chi connectivity index (χ3v) is 2.72. The Morgan fingerprint density at radius 2 is 2.39 bits per heavy atom. The molecule has 0 bridgehead atoms. The van der Waals surface area contributed by atoms with Gasteiger partial charge in [0.2, 0.25) is 0 Å². The van der Waals surface area contributed by atoms with E-state index in [1.165, 1.54) is 12.3 Å². The van der Waals surface area contributed by atoms with Crippen molar-refractivity contribution in [2.45, 2.75) is 24.5 Å². The van der Waals surface area contributed by atoms with Crippen LogP contribution in [0.4, 0.5) is 10.3 Å². The highest BCUT2D eigenvalue weighted by Crippen LogP contribution is 2.30. The minimum absolute atomic E-state index is 0.00576. The summed E-state index contributed by atoms with van der Waals surface area (Å²) < 4.78 is 18.5. The fourth-order valence-corrected chi connectivity index (χ4v) is 1.81. The lowest BCUT2D eigenvalue weighted by Gasteiger charge is -2.17. The number of hydrogen-bond donors (Lipinski definition) is 3. The Morgan fingerprint density at radius 1 is 1.67 bits per heavy atom. The molecular formula is C9H12FN3O5. The molecule has 1 saturated heterocycles. The van der Waals surface area contributed by atoms with Gasteiger partial charge in [0.25, 0.3) is 0 Å². The number of rotatable bonds is 3. The summed E-state index contributed by atoms with van der Waals surface area (Å²) in [5.74, 6) is 0.00576. The molecule has 2 heterocycles. The van der Waals surface area contributed by atoms with Crippen molar-refractivity contribution in [1.82, 2.24) is 9.55 Å². The van der Waals surface area contributed by atoms with Crippen molar-refractivity contribution in [2.24, 2.45) is 0 Å². The fraction of sp³-hybridized carbons (Fsp3) is 0.556. The number of nitrogens with two attached hydrogens (primary N) is 1. The fourth-order valence-electron chi connectivity index (χ4n) is 1.81. The molecule has 1 aromatic rings. The first kappa shape index (κ1) is 12.9. The van der Waals surface area contributed by atoms with Crippen LogP contribution < -0.4 is 11.4 Å². The highest BCUT2D eigenvalue weighted by molar-refractivity contribution is 5.23. The third kappa shape index (κ3) is 2.08. The van der Waals surface area contributed by atoms with Gasteiger partial charge in [0.05, 0.1) is 6.61 Å². The summed E-state index contributed by atoms with van der Waals surface area (Å²) in [5, 5.41) is 18.6. The summed E-state index contributed by atoms with van der Waals surface area (Å²) in [6.45, 7) is -0.533. The van der Waals surface area contributed by atoms with Crippen molar-refractivity contribution in [1.29, 1.82) is 0 Å². The van der Waals surface area contributed by atoms with Gasteiger partial charge in [0.15, 0.2) is 12.3 Å². The van der Waals surface area contributed by atoms with E-state index in [9.17, 15) is 14.4 Å². The molecule has 1 aliphatic heterocycles. The molecular weight excluding hydrogens is 249 g/mol. The van der Waals surface area contributed by atoms with Crippen LogP contribution in [0.15, 0.2) is 17.1 Å². The predicted molar refractivity (Wildman–Crippen MR) is 55.9 cm³/mol. The van der Waals surface area contributed by atoms with Gasteiger partial charge >= 0.3 is 5.69 Å². The number of nitrogen functional groups attached to an aromatic ring is 1. The van der Waals surface area contributed by atoms with Crippen LogP contribution in [-0.4, -0.2) is 44.7 Å². The Morgan fingerprint density at radius 3 is 2.94 bits per heavy atom. The van der Waals surface area contributed by atoms with Crippen LogP contribution in [0.25, 0.3) is 0 Å². The lowest BCUT2D eigenvalue weighted by atomic mass is 10.1. The lowest BCUT2D eigenvalue weighted by Crippen LogP contribution is -2.36. The van der Waals surface area contributed by atoms with E-state index in [0.29, 0.717) is 0 Å². The van der Waals surface area contributed by atoms with Gasteiger partial charge in [-0.2, -0.15) is 9.93 Å². The molecule has 18 heavy (non-hydrogen) atoms. The molecule has 1 aliphatic rings. The minimum atomic E-state index is -1.43. The predicted octanol–water partition coefficient (Wildman–Crippen LogP) is -1.65.